The zero-order chi connectivity index (χ0) is 14.9. The Hall–Kier alpha value is -2.01. The van der Waals surface area contributed by atoms with Crippen LogP contribution in [0.5, 0.6) is 0 Å². The van der Waals surface area contributed by atoms with Crippen LogP contribution in [-0.2, 0) is 0 Å². The van der Waals surface area contributed by atoms with E-state index in [9.17, 15) is 0 Å². The summed E-state index contributed by atoms with van der Waals surface area (Å²) in [7, 11) is 0. The quantitative estimate of drug-likeness (QED) is 0.797. The average molecular weight is 312 g/mol. The normalized spacial score (nSPS) is 20.8. The molecule has 2 heterocycles. The van der Waals surface area contributed by atoms with E-state index >= 15 is 0 Å². The first kappa shape index (κ1) is 13.6. The highest BCUT2D eigenvalue weighted by atomic mass is 32.1. The fourth-order valence-electron chi connectivity index (χ4n) is 3.32. The number of hydrazine groups is 1. The lowest BCUT2D eigenvalue weighted by atomic mass is 10.0. The Bertz CT molecular complexity index is 652. The van der Waals surface area contributed by atoms with Crippen molar-refractivity contribution < 1.29 is 0 Å². The molecule has 3 aliphatic rings. The molecular weight excluding hydrogens is 292 g/mol. The molecule has 1 aliphatic carbocycles. The van der Waals surface area contributed by atoms with Crippen molar-refractivity contribution in [1.82, 2.24) is 9.91 Å². The van der Waals surface area contributed by atoms with Crippen LogP contribution in [0.15, 0.2) is 48.4 Å². The van der Waals surface area contributed by atoms with Gasteiger partial charge >= 0.3 is 0 Å². The molecule has 4 rings (SSSR count). The van der Waals surface area contributed by atoms with Crippen LogP contribution < -0.4 is 10.3 Å². The summed E-state index contributed by atoms with van der Waals surface area (Å²) in [5.41, 5.74) is 3.72. The Morgan fingerprint density at radius 2 is 1.95 bits per heavy atom. The summed E-state index contributed by atoms with van der Waals surface area (Å²) in [6.07, 6.45) is 11.6. The van der Waals surface area contributed by atoms with Crippen molar-refractivity contribution in [2.24, 2.45) is 0 Å². The predicted octanol–water partition coefficient (Wildman–Crippen LogP) is 3.67. The second-order valence-electron chi connectivity index (χ2n) is 5.85. The number of anilines is 2. The number of allylic oxidation sites excluding steroid dienone is 2. The summed E-state index contributed by atoms with van der Waals surface area (Å²) in [5.74, 6) is 0. The van der Waals surface area contributed by atoms with Crippen LogP contribution in [0.3, 0.4) is 0 Å². The molecule has 0 unspecified atom stereocenters. The Labute approximate surface area is 136 Å². The molecule has 0 spiro atoms. The highest BCUT2D eigenvalue weighted by Gasteiger charge is 2.28. The maximum absolute atomic E-state index is 5.52. The average Bonchev–Trinajstić information content (AvgIpc) is 2.79. The van der Waals surface area contributed by atoms with Crippen molar-refractivity contribution in [2.45, 2.75) is 25.7 Å². The SMILES string of the molecule is S=C1Nc2ccccc2N2CCN(C3=CCCCC3)C=CN12. The Morgan fingerprint density at radius 3 is 2.82 bits per heavy atom. The number of nitrogens with zero attached hydrogens (tertiary/aromatic N) is 3. The number of fused-ring (bicyclic) bond motifs is 3. The Morgan fingerprint density at radius 1 is 1.05 bits per heavy atom. The van der Waals surface area contributed by atoms with E-state index in [2.05, 4.69) is 51.9 Å². The molecule has 1 aromatic carbocycles. The highest BCUT2D eigenvalue weighted by molar-refractivity contribution is 7.80. The van der Waals surface area contributed by atoms with E-state index in [1.165, 1.54) is 37.1 Å². The monoisotopic (exact) mass is 312 g/mol. The number of hydrogen-bond acceptors (Lipinski definition) is 3. The molecule has 0 amide bonds. The minimum absolute atomic E-state index is 0.731. The topological polar surface area (TPSA) is 21.8 Å². The number of para-hydroxylation sites is 2. The zero-order valence-corrected chi connectivity index (χ0v) is 13.4. The maximum Gasteiger partial charge on any atom is 0.196 e. The van der Waals surface area contributed by atoms with Crippen molar-refractivity contribution in [3.63, 3.8) is 0 Å². The smallest absolute Gasteiger partial charge is 0.196 e. The third kappa shape index (κ3) is 2.35. The summed E-state index contributed by atoms with van der Waals surface area (Å²) in [4.78, 5) is 2.38. The highest BCUT2D eigenvalue weighted by Crippen LogP contribution is 2.33. The minimum Gasteiger partial charge on any atom is -0.348 e. The van der Waals surface area contributed by atoms with E-state index in [0.29, 0.717) is 0 Å². The van der Waals surface area contributed by atoms with Crippen LogP contribution in [0.2, 0.25) is 0 Å². The van der Waals surface area contributed by atoms with Gasteiger partial charge in [0.1, 0.15) is 0 Å². The van der Waals surface area contributed by atoms with Gasteiger partial charge in [0.05, 0.1) is 17.9 Å². The second kappa shape index (κ2) is 5.65. The van der Waals surface area contributed by atoms with Crippen molar-refractivity contribution in [1.29, 1.82) is 0 Å². The number of thiocarbonyl (C=S) groups is 1. The predicted molar refractivity (Wildman–Crippen MR) is 94.2 cm³/mol. The van der Waals surface area contributed by atoms with Gasteiger partial charge in [-0.25, -0.2) is 5.01 Å². The van der Waals surface area contributed by atoms with E-state index in [4.69, 9.17) is 12.2 Å². The molecule has 2 aliphatic heterocycles. The molecule has 1 N–H and O–H groups in total. The van der Waals surface area contributed by atoms with E-state index in [1.807, 2.05) is 11.1 Å². The van der Waals surface area contributed by atoms with Crippen LogP contribution in [0.25, 0.3) is 0 Å². The lowest BCUT2D eigenvalue weighted by molar-refractivity contribution is 0.426. The molecule has 0 radical (unpaired) electrons. The summed E-state index contributed by atoms with van der Waals surface area (Å²) >= 11 is 5.52. The van der Waals surface area contributed by atoms with Gasteiger partial charge in [0.2, 0.25) is 0 Å². The summed E-state index contributed by atoms with van der Waals surface area (Å²) in [6, 6.07) is 8.33. The summed E-state index contributed by atoms with van der Waals surface area (Å²) in [6.45, 7) is 1.90. The molecule has 0 saturated carbocycles. The molecule has 114 valence electrons. The van der Waals surface area contributed by atoms with Crippen molar-refractivity contribution in [2.75, 3.05) is 23.4 Å². The first-order valence-electron chi connectivity index (χ1n) is 7.93. The summed E-state index contributed by atoms with van der Waals surface area (Å²) in [5, 5.41) is 8.34. The van der Waals surface area contributed by atoms with Gasteiger partial charge in [0.15, 0.2) is 5.11 Å². The second-order valence-corrected chi connectivity index (χ2v) is 6.23. The number of benzene rings is 1. The van der Waals surface area contributed by atoms with Gasteiger partial charge < -0.3 is 10.2 Å². The molecule has 22 heavy (non-hydrogen) atoms. The zero-order valence-electron chi connectivity index (χ0n) is 12.5. The van der Waals surface area contributed by atoms with Gasteiger partial charge in [-0.05, 0) is 50.0 Å². The number of nitrogens with one attached hydrogen (secondary N) is 1. The fourth-order valence-corrected chi connectivity index (χ4v) is 3.59. The summed E-state index contributed by atoms with van der Waals surface area (Å²) < 4.78 is 0. The molecule has 5 heteroatoms. The third-order valence-corrected chi connectivity index (χ3v) is 4.76. The van der Waals surface area contributed by atoms with Gasteiger partial charge in [-0.1, -0.05) is 18.2 Å². The van der Waals surface area contributed by atoms with Gasteiger partial charge in [0, 0.05) is 24.6 Å². The Balaban J connectivity index is 1.63. The van der Waals surface area contributed by atoms with Crippen LogP contribution >= 0.6 is 12.2 Å². The van der Waals surface area contributed by atoms with E-state index < -0.39 is 0 Å². The fraction of sp³-hybridized carbons (Fsp3) is 0.353. The van der Waals surface area contributed by atoms with E-state index in [1.54, 1.807) is 0 Å². The first-order valence-corrected chi connectivity index (χ1v) is 8.34. The van der Waals surface area contributed by atoms with Crippen LogP contribution in [0.1, 0.15) is 25.7 Å². The third-order valence-electron chi connectivity index (χ3n) is 4.47. The molecule has 0 aromatic heterocycles. The van der Waals surface area contributed by atoms with Crippen molar-refractivity contribution >= 4 is 28.7 Å². The number of rotatable bonds is 1. The van der Waals surface area contributed by atoms with Crippen LogP contribution in [0, 0.1) is 0 Å². The lowest BCUT2D eigenvalue weighted by Crippen LogP contribution is -2.49. The first-order chi connectivity index (χ1) is 10.8. The van der Waals surface area contributed by atoms with Crippen molar-refractivity contribution in [3.05, 3.63) is 48.4 Å². The molecule has 4 nitrogen and oxygen atoms in total. The molecule has 0 atom stereocenters. The molecule has 0 fully saturated rings. The standard InChI is InChI=1S/C17H20N4S/c22-17-18-15-8-4-5-9-16(15)20-12-10-19(11-13-21(17)20)14-6-2-1-3-7-14/h4-6,8-9,11,13H,1-3,7,10,12H2,(H,18,22). The van der Waals surface area contributed by atoms with Gasteiger partial charge in [-0.3, -0.25) is 5.01 Å². The molecule has 0 bridgehead atoms. The molecular formula is C17H20N4S. The van der Waals surface area contributed by atoms with Crippen LogP contribution in [0.4, 0.5) is 11.4 Å². The molecule has 0 saturated heterocycles. The van der Waals surface area contributed by atoms with Gasteiger partial charge in [-0.15, -0.1) is 0 Å². The number of hydrogen-bond donors (Lipinski definition) is 1. The van der Waals surface area contributed by atoms with Crippen molar-refractivity contribution in [3.8, 4) is 0 Å². The largest absolute Gasteiger partial charge is 0.348 e. The maximum atomic E-state index is 5.52. The lowest BCUT2D eigenvalue weighted by Gasteiger charge is -2.40. The van der Waals surface area contributed by atoms with Gasteiger partial charge in [-0.2, -0.15) is 0 Å². The Kier molecular flexibility index (Phi) is 3.50. The van der Waals surface area contributed by atoms with E-state index in [0.717, 1.165) is 23.9 Å². The van der Waals surface area contributed by atoms with E-state index in [-0.39, 0.29) is 0 Å². The molecule has 1 aromatic rings. The minimum atomic E-state index is 0.731. The van der Waals surface area contributed by atoms with Gasteiger partial charge in [0.25, 0.3) is 0 Å². The van der Waals surface area contributed by atoms with Crippen LogP contribution in [-0.4, -0.2) is 28.1 Å².